The topological polar surface area (TPSA) is 97.3 Å². The second-order valence-electron chi connectivity index (χ2n) is 1.86. The van der Waals surface area contributed by atoms with Gasteiger partial charge >= 0.3 is 0 Å². The van der Waals surface area contributed by atoms with Crippen LogP contribution in [0.4, 0.5) is 0 Å². The average Bonchev–Trinajstić information content (AvgIpc) is 2.02. The maximum absolute atomic E-state index is 10.7. The van der Waals surface area contributed by atoms with Crippen LogP contribution in [-0.2, 0) is 14.4 Å². The second kappa shape index (κ2) is 4.84. The van der Waals surface area contributed by atoms with Gasteiger partial charge in [-0.25, -0.2) is 0 Å². The molecular weight excluding hydrogens is 223 g/mol. The van der Waals surface area contributed by atoms with Crippen molar-refractivity contribution in [2.75, 3.05) is 0 Å². The third-order valence-electron chi connectivity index (χ3n) is 0.921. The number of carbonyl (C=O) groups is 3. The van der Waals surface area contributed by atoms with Crippen molar-refractivity contribution in [3.63, 3.8) is 0 Å². The quantitative estimate of drug-likeness (QED) is 0.306. The van der Waals surface area contributed by atoms with Crippen LogP contribution in [0.5, 0.6) is 0 Å². The van der Waals surface area contributed by atoms with Crippen LogP contribution in [-0.4, -0.2) is 23.1 Å². The number of alkyl halides is 1. The Morgan fingerprint density at radius 3 is 2.00 bits per heavy atom. The molecule has 0 bridgehead atoms. The minimum absolute atomic E-state index is 0.352. The van der Waals surface area contributed by atoms with E-state index in [0.29, 0.717) is 6.08 Å². The van der Waals surface area contributed by atoms with E-state index in [0.717, 1.165) is 0 Å². The van der Waals surface area contributed by atoms with Crippen molar-refractivity contribution >= 4 is 40.9 Å². The molecule has 0 fully saturated rings. The third kappa shape index (κ3) is 3.91. The summed E-state index contributed by atoms with van der Waals surface area (Å²) in [5.41, 5.74) is 0. The minimum atomic E-state index is -1.95. The number of halogens is 2. The average molecular weight is 225 g/mol. The van der Waals surface area contributed by atoms with E-state index in [2.05, 4.69) is 0 Å². The summed E-state index contributed by atoms with van der Waals surface area (Å²) in [6.45, 7) is 0. The molecule has 0 saturated heterocycles. The molecule has 5 nitrogen and oxygen atoms in total. The zero-order chi connectivity index (χ0) is 10.6. The van der Waals surface area contributed by atoms with Crippen molar-refractivity contribution in [2.45, 2.75) is 5.38 Å². The van der Waals surface area contributed by atoms with Gasteiger partial charge in [0.05, 0.1) is 17.0 Å². The van der Waals surface area contributed by atoms with Crippen LogP contribution in [0.25, 0.3) is 0 Å². The highest BCUT2D eigenvalue weighted by atomic mass is 35.5. The number of carbonyl (C=O) groups excluding carboxylic acids is 3. The van der Waals surface area contributed by atoms with Gasteiger partial charge in [-0.05, 0) is 0 Å². The zero-order valence-corrected chi connectivity index (χ0v) is 7.46. The molecule has 0 spiro atoms. The monoisotopic (exact) mass is 224 g/mol. The molecule has 0 N–H and O–H groups in total. The fourth-order valence-corrected chi connectivity index (χ4v) is 0.544. The SMILES string of the molecule is O=C([O-])/C(Cl)=C/C(=O)C(Cl)C(=O)[O-]. The Labute approximate surface area is 82.6 Å². The van der Waals surface area contributed by atoms with E-state index in [1.165, 1.54) is 0 Å². The lowest BCUT2D eigenvalue weighted by Gasteiger charge is -2.06. The van der Waals surface area contributed by atoms with Crippen LogP contribution in [0.2, 0.25) is 0 Å². The first-order valence-electron chi connectivity index (χ1n) is 2.83. The molecule has 0 radical (unpaired) electrons. The standard InChI is InChI=1S/C6H4Cl2O5/c7-2(5(10)11)1-3(9)4(8)6(12)13/h1,4H,(H,10,11)(H,12,13)/p-2/b2-1-. The minimum Gasteiger partial charge on any atom is -0.548 e. The smallest absolute Gasteiger partial charge is 0.180 e. The van der Waals surface area contributed by atoms with Crippen molar-refractivity contribution in [1.29, 1.82) is 0 Å². The number of hydrogen-bond donors (Lipinski definition) is 0. The van der Waals surface area contributed by atoms with Crippen LogP contribution < -0.4 is 10.2 Å². The molecule has 0 amide bonds. The van der Waals surface area contributed by atoms with E-state index in [9.17, 15) is 24.6 Å². The molecule has 72 valence electrons. The number of hydrogen-bond acceptors (Lipinski definition) is 5. The van der Waals surface area contributed by atoms with E-state index >= 15 is 0 Å². The first-order chi connectivity index (χ1) is 5.86. The van der Waals surface area contributed by atoms with Gasteiger partial charge in [0.2, 0.25) is 0 Å². The van der Waals surface area contributed by atoms with E-state index in [-0.39, 0.29) is 0 Å². The molecule has 13 heavy (non-hydrogen) atoms. The van der Waals surface area contributed by atoms with Gasteiger partial charge in [0.25, 0.3) is 0 Å². The predicted molar refractivity (Wildman–Crippen MR) is 38.6 cm³/mol. The highest BCUT2D eigenvalue weighted by molar-refractivity contribution is 6.46. The van der Waals surface area contributed by atoms with Crippen molar-refractivity contribution in [3.05, 3.63) is 11.1 Å². The van der Waals surface area contributed by atoms with E-state index < -0.39 is 28.1 Å². The lowest BCUT2D eigenvalue weighted by Crippen LogP contribution is -2.37. The maximum atomic E-state index is 10.7. The summed E-state index contributed by atoms with van der Waals surface area (Å²) in [6.07, 6.45) is 0.352. The van der Waals surface area contributed by atoms with Crippen molar-refractivity contribution < 1.29 is 24.6 Å². The van der Waals surface area contributed by atoms with E-state index in [4.69, 9.17) is 23.2 Å². The summed E-state index contributed by atoms with van der Waals surface area (Å²) in [4.78, 5) is 30.6. The Balaban J connectivity index is 4.56. The summed E-state index contributed by atoms with van der Waals surface area (Å²) in [7, 11) is 0. The summed E-state index contributed by atoms with van der Waals surface area (Å²) >= 11 is 9.95. The molecule has 0 aromatic heterocycles. The Hall–Kier alpha value is -1.07. The van der Waals surface area contributed by atoms with E-state index in [1.807, 2.05) is 0 Å². The highest BCUT2D eigenvalue weighted by Gasteiger charge is 2.14. The molecule has 0 aromatic rings. The molecule has 0 rings (SSSR count). The van der Waals surface area contributed by atoms with Gasteiger partial charge in [-0.15, -0.1) is 11.6 Å². The van der Waals surface area contributed by atoms with Crippen LogP contribution in [0.3, 0.4) is 0 Å². The van der Waals surface area contributed by atoms with E-state index in [1.54, 1.807) is 0 Å². The first-order valence-corrected chi connectivity index (χ1v) is 3.65. The van der Waals surface area contributed by atoms with Gasteiger partial charge in [-0.1, -0.05) is 11.6 Å². The van der Waals surface area contributed by atoms with Crippen molar-refractivity contribution in [2.24, 2.45) is 0 Å². The van der Waals surface area contributed by atoms with Crippen molar-refractivity contribution in [3.8, 4) is 0 Å². The molecule has 0 aromatic carbocycles. The zero-order valence-electron chi connectivity index (χ0n) is 5.95. The van der Waals surface area contributed by atoms with Crippen LogP contribution in [0.1, 0.15) is 0 Å². The van der Waals surface area contributed by atoms with Crippen molar-refractivity contribution in [1.82, 2.24) is 0 Å². The molecule has 0 saturated carbocycles. The van der Waals surface area contributed by atoms with Gasteiger partial charge in [0, 0.05) is 6.08 Å². The molecule has 0 aliphatic carbocycles. The molecule has 7 heteroatoms. The molecule has 1 unspecified atom stereocenters. The van der Waals surface area contributed by atoms with Crippen LogP contribution in [0, 0.1) is 0 Å². The first kappa shape index (κ1) is 11.9. The van der Waals surface area contributed by atoms with Gasteiger partial charge < -0.3 is 19.8 Å². The number of allylic oxidation sites excluding steroid dienone is 1. The largest absolute Gasteiger partial charge is 0.548 e. The number of ketones is 1. The molecule has 0 aliphatic heterocycles. The molecular formula is C6H2Cl2O5-2. The normalized spacial score (nSPS) is 13.5. The lowest BCUT2D eigenvalue weighted by molar-refractivity contribution is -0.304. The summed E-state index contributed by atoms with van der Waals surface area (Å²) < 4.78 is 0. The van der Waals surface area contributed by atoms with Gasteiger partial charge in [-0.2, -0.15) is 0 Å². The second-order valence-corrected chi connectivity index (χ2v) is 2.71. The van der Waals surface area contributed by atoms with Gasteiger partial charge in [0.1, 0.15) is 5.38 Å². The summed E-state index contributed by atoms with van der Waals surface area (Å²) in [6, 6.07) is 0. The van der Waals surface area contributed by atoms with Gasteiger partial charge in [-0.3, -0.25) is 4.79 Å². The summed E-state index contributed by atoms with van der Waals surface area (Å²) in [5.74, 6) is -4.81. The number of carboxylic acid groups (broad SMARTS) is 2. The summed E-state index contributed by atoms with van der Waals surface area (Å²) in [5, 5.41) is 17.1. The van der Waals surface area contributed by atoms with Crippen LogP contribution >= 0.6 is 23.2 Å². The van der Waals surface area contributed by atoms with Crippen LogP contribution in [0.15, 0.2) is 11.1 Å². The Morgan fingerprint density at radius 2 is 1.69 bits per heavy atom. The lowest BCUT2D eigenvalue weighted by atomic mass is 10.2. The maximum Gasteiger partial charge on any atom is 0.180 e. The molecule has 0 aliphatic rings. The highest BCUT2D eigenvalue weighted by Crippen LogP contribution is 2.04. The molecule has 0 heterocycles. The number of rotatable bonds is 4. The fraction of sp³-hybridized carbons (Fsp3) is 0.167. The van der Waals surface area contributed by atoms with Gasteiger partial charge in [0.15, 0.2) is 5.78 Å². The molecule has 1 atom stereocenters. The number of aliphatic carboxylic acids is 2. The Bertz CT molecular complexity index is 283. The Morgan fingerprint density at radius 1 is 1.23 bits per heavy atom. The fourth-order valence-electron chi connectivity index (χ4n) is 0.373. The Kier molecular flexibility index (Phi) is 4.44. The third-order valence-corrected chi connectivity index (χ3v) is 1.58. The number of carboxylic acids is 2. The predicted octanol–water partition coefficient (Wildman–Crippen LogP) is -2.21.